The van der Waals surface area contributed by atoms with E-state index in [1.54, 1.807) is 6.20 Å². The lowest BCUT2D eigenvalue weighted by Gasteiger charge is -2.43. The lowest BCUT2D eigenvalue weighted by molar-refractivity contribution is -0.155. The second kappa shape index (κ2) is 7.43. The van der Waals surface area contributed by atoms with Gasteiger partial charge in [-0.05, 0) is 49.1 Å². The molecule has 1 aliphatic rings. The number of pyridine rings is 1. The highest BCUT2D eigenvalue weighted by molar-refractivity contribution is 5.85. The summed E-state index contributed by atoms with van der Waals surface area (Å²) in [6.45, 7) is 8.84. The Morgan fingerprint density at radius 1 is 1.48 bits per heavy atom. The molecule has 1 aliphatic carbocycles. The van der Waals surface area contributed by atoms with E-state index < -0.39 is 5.60 Å². The third-order valence-corrected chi connectivity index (χ3v) is 5.21. The molecule has 3 unspecified atom stereocenters. The van der Waals surface area contributed by atoms with Crippen molar-refractivity contribution in [3.63, 3.8) is 0 Å². The average Bonchev–Trinajstić information content (AvgIpc) is 2.48. The third-order valence-electron chi connectivity index (χ3n) is 5.21. The van der Waals surface area contributed by atoms with Crippen molar-refractivity contribution < 1.29 is 9.90 Å². The second-order valence-corrected chi connectivity index (χ2v) is 7.43. The Labute approximate surface area is 139 Å². The molecule has 4 heteroatoms. The van der Waals surface area contributed by atoms with Crippen LogP contribution < -0.4 is 5.32 Å². The van der Waals surface area contributed by atoms with Gasteiger partial charge in [-0.15, -0.1) is 0 Å². The standard InChI is InChI=1S/C19H30N2O2/c1-13(2)16-8-7-14(3)12-19(16,23)18(22)21-11-9-17-15(4)6-5-10-20-17/h5-6,10,13-14,16,23H,7-9,11-12H2,1-4H3,(H,21,22). The van der Waals surface area contributed by atoms with Crippen molar-refractivity contribution in [2.24, 2.45) is 17.8 Å². The molecule has 0 saturated heterocycles. The van der Waals surface area contributed by atoms with Crippen molar-refractivity contribution in [1.29, 1.82) is 0 Å². The van der Waals surface area contributed by atoms with E-state index in [1.807, 2.05) is 19.1 Å². The van der Waals surface area contributed by atoms with Gasteiger partial charge in [0.05, 0.1) is 0 Å². The Hall–Kier alpha value is -1.42. The zero-order chi connectivity index (χ0) is 17.0. The van der Waals surface area contributed by atoms with E-state index in [9.17, 15) is 9.90 Å². The van der Waals surface area contributed by atoms with Crippen molar-refractivity contribution in [3.8, 4) is 0 Å². The molecule has 1 saturated carbocycles. The van der Waals surface area contributed by atoms with Gasteiger partial charge in [-0.1, -0.05) is 33.3 Å². The molecule has 0 aliphatic heterocycles. The third kappa shape index (κ3) is 4.11. The summed E-state index contributed by atoms with van der Waals surface area (Å²) in [6, 6.07) is 3.94. The van der Waals surface area contributed by atoms with Gasteiger partial charge in [0, 0.05) is 24.9 Å². The molecular formula is C19H30N2O2. The van der Waals surface area contributed by atoms with Gasteiger partial charge < -0.3 is 10.4 Å². The monoisotopic (exact) mass is 318 g/mol. The van der Waals surface area contributed by atoms with Crippen LogP contribution >= 0.6 is 0 Å². The summed E-state index contributed by atoms with van der Waals surface area (Å²) < 4.78 is 0. The minimum Gasteiger partial charge on any atom is -0.380 e. The smallest absolute Gasteiger partial charge is 0.252 e. The number of aromatic nitrogens is 1. The number of rotatable bonds is 5. The minimum absolute atomic E-state index is 0.0373. The van der Waals surface area contributed by atoms with E-state index in [-0.39, 0.29) is 11.8 Å². The van der Waals surface area contributed by atoms with E-state index in [0.717, 1.165) is 24.1 Å². The topological polar surface area (TPSA) is 62.2 Å². The highest BCUT2D eigenvalue weighted by Gasteiger charge is 2.48. The van der Waals surface area contributed by atoms with Crippen LogP contribution in [0.15, 0.2) is 18.3 Å². The van der Waals surface area contributed by atoms with E-state index in [2.05, 4.69) is 31.1 Å². The van der Waals surface area contributed by atoms with E-state index in [1.165, 1.54) is 0 Å². The van der Waals surface area contributed by atoms with Gasteiger partial charge in [0.1, 0.15) is 5.60 Å². The highest BCUT2D eigenvalue weighted by Crippen LogP contribution is 2.41. The van der Waals surface area contributed by atoms with Crippen LogP contribution in [0.3, 0.4) is 0 Å². The van der Waals surface area contributed by atoms with Gasteiger partial charge in [0.25, 0.3) is 5.91 Å². The molecule has 3 atom stereocenters. The Bertz CT molecular complexity index is 544. The molecule has 1 fully saturated rings. The van der Waals surface area contributed by atoms with E-state index in [4.69, 9.17) is 0 Å². The van der Waals surface area contributed by atoms with E-state index in [0.29, 0.717) is 31.2 Å². The van der Waals surface area contributed by atoms with Crippen molar-refractivity contribution in [1.82, 2.24) is 10.3 Å². The molecule has 1 aromatic rings. The molecule has 128 valence electrons. The molecule has 1 amide bonds. The lowest BCUT2D eigenvalue weighted by Crippen LogP contribution is -2.56. The Balaban J connectivity index is 1.98. The van der Waals surface area contributed by atoms with Gasteiger partial charge >= 0.3 is 0 Å². The van der Waals surface area contributed by atoms with Crippen LogP contribution in [0.5, 0.6) is 0 Å². The number of aliphatic hydroxyl groups is 1. The van der Waals surface area contributed by atoms with Crippen LogP contribution in [0.25, 0.3) is 0 Å². The summed E-state index contributed by atoms with van der Waals surface area (Å²) in [7, 11) is 0. The molecule has 0 bridgehead atoms. The van der Waals surface area contributed by atoms with Crippen LogP contribution in [-0.2, 0) is 11.2 Å². The Kier molecular flexibility index (Phi) is 5.79. The van der Waals surface area contributed by atoms with E-state index >= 15 is 0 Å². The second-order valence-electron chi connectivity index (χ2n) is 7.43. The lowest BCUT2D eigenvalue weighted by atomic mass is 9.66. The summed E-state index contributed by atoms with van der Waals surface area (Å²) in [5, 5.41) is 14.0. The molecule has 2 rings (SSSR count). The molecule has 4 nitrogen and oxygen atoms in total. The van der Waals surface area contributed by atoms with Crippen LogP contribution in [0.1, 0.15) is 51.3 Å². The fourth-order valence-corrected chi connectivity index (χ4v) is 3.86. The fourth-order valence-electron chi connectivity index (χ4n) is 3.86. The van der Waals surface area contributed by atoms with Gasteiger partial charge in [0.2, 0.25) is 0 Å². The Morgan fingerprint density at radius 2 is 2.22 bits per heavy atom. The van der Waals surface area contributed by atoms with Crippen LogP contribution in [0.4, 0.5) is 0 Å². The number of nitrogens with zero attached hydrogens (tertiary/aromatic N) is 1. The normalized spacial score (nSPS) is 27.9. The molecule has 0 spiro atoms. The zero-order valence-corrected chi connectivity index (χ0v) is 14.8. The van der Waals surface area contributed by atoms with Crippen molar-refractivity contribution in [2.45, 2.75) is 59.0 Å². The van der Waals surface area contributed by atoms with Gasteiger partial charge in [-0.3, -0.25) is 9.78 Å². The fraction of sp³-hybridized carbons (Fsp3) is 0.684. The molecule has 0 radical (unpaired) electrons. The van der Waals surface area contributed by atoms with Crippen molar-refractivity contribution >= 4 is 5.91 Å². The molecular weight excluding hydrogens is 288 g/mol. The first kappa shape index (κ1) is 17.9. The maximum atomic E-state index is 12.7. The molecule has 0 aromatic carbocycles. The van der Waals surface area contributed by atoms with Gasteiger partial charge in [-0.2, -0.15) is 0 Å². The van der Waals surface area contributed by atoms with Crippen molar-refractivity contribution in [2.75, 3.05) is 6.54 Å². The maximum absolute atomic E-state index is 12.7. The summed E-state index contributed by atoms with van der Waals surface area (Å²) in [5.41, 5.74) is 0.898. The number of nitrogens with one attached hydrogen (secondary N) is 1. The first-order valence-corrected chi connectivity index (χ1v) is 8.75. The number of carbonyl (C=O) groups excluding carboxylic acids is 1. The van der Waals surface area contributed by atoms with Crippen LogP contribution in [-0.4, -0.2) is 28.1 Å². The average molecular weight is 318 g/mol. The number of carbonyl (C=O) groups is 1. The number of aryl methyl sites for hydroxylation is 1. The molecule has 2 N–H and O–H groups in total. The zero-order valence-electron chi connectivity index (χ0n) is 14.8. The van der Waals surface area contributed by atoms with Crippen LogP contribution in [0.2, 0.25) is 0 Å². The number of hydrogen-bond acceptors (Lipinski definition) is 3. The van der Waals surface area contributed by atoms with Gasteiger partial charge in [-0.25, -0.2) is 0 Å². The number of amides is 1. The highest BCUT2D eigenvalue weighted by atomic mass is 16.3. The maximum Gasteiger partial charge on any atom is 0.252 e. The number of hydrogen-bond donors (Lipinski definition) is 2. The SMILES string of the molecule is Cc1cccnc1CCNC(=O)C1(O)CC(C)CCC1C(C)C. The molecule has 1 aromatic heterocycles. The van der Waals surface area contributed by atoms with Crippen LogP contribution in [0, 0.1) is 24.7 Å². The largest absolute Gasteiger partial charge is 0.380 e. The summed E-state index contributed by atoms with van der Waals surface area (Å²) in [6.07, 6.45) is 5.03. The molecule has 23 heavy (non-hydrogen) atoms. The Morgan fingerprint density at radius 3 is 2.87 bits per heavy atom. The quantitative estimate of drug-likeness (QED) is 0.877. The van der Waals surface area contributed by atoms with Crippen molar-refractivity contribution in [3.05, 3.63) is 29.6 Å². The minimum atomic E-state index is -1.23. The predicted octanol–water partition coefficient (Wildman–Crippen LogP) is 2.87. The summed E-state index contributed by atoms with van der Waals surface area (Å²) in [5.74, 6) is 0.515. The first-order chi connectivity index (χ1) is 10.8. The first-order valence-electron chi connectivity index (χ1n) is 8.75. The molecule has 1 heterocycles. The summed E-state index contributed by atoms with van der Waals surface area (Å²) in [4.78, 5) is 17.0. The summed E-state index contributed by atoms with van der Waals surface area (Å²) >= 11 is 0. The van der Waals surface area contributed by atoms with Gasteiger partial charge in [0.15, 0.2) is 0 Å². The predicted molar refractivity (Wildman–Crippen MR) is 92.0 cm³/mol.